The SMILES string of the molecule is CC(C)CN1C(=O)C2(CCN(Cc3ccccc3C(=O)O)CC2)C[C@H]1Cc1cccc(F)c1. The lowest BCUT2D eigenvalue weighted by Gasteiger charge is -2.38. The molecule has 33 heavy (non-hydrogen) atoms. The first-order valence-electron chi connectivity index (χ1n) is 11.9. The van der Waals surface area contributed by atoms with E-state index >= 15 is 0 Å². The zero-order chi connectivity index (χ0) is 23.6. The van der Waals surface area contributed by atoms with Gasteiger partial charge in [0.1, 0.15) is 5.82 Å². The number of halogens is 1. The molecule has 1 N–H and O–H groups in total. The normalized spacial score (nSPS) is 20.7. The van der Waals surface area contributed by atoms with Gasteiger partial charge >= 0.3 is 5.97 Å². The molecule has 0 saturated carbocycles. The second kappa shape index (κ2) is 9.64. The van der Waals surface area contributed by atoms with E-state index in [2.05, 4.69) is 18.7 Å². The molecule has 4 rings (SSSR count). The summed E-state index contributed by atoms with van der Waals surface area (Å²) >= 11 is 0. The fourth-order valence-electron chi connectivity index (χ4n) is 5.53. The van der Waals surface area contributed by atoms with Crippen molar-refractivity contribution >= 4 is 11.9 Å². The minimum absolute atomic E-state index is 0.0842. The molecule has 2 aliphatic rings. The van der Waals surface area contributed by atoms with Crippen LogP contribution in [0.15, 0.2) is 48.5 Å². The number of carbonyl (C=O) groups excluding carboxylic acids is 1. The number of likely N-dealkylation sites (tertiary alicyclic amines) is 2. The molecule has 2 fully saturated rings. The average molecular weight is 453 g/mol. The molecular weight excluding hydrogens is 419 g/mol. The Morgan fingerprint density at radius 2 is 1.88 bits per heavy atom. The van der Waals surface area contributed by atoms with Crippen LogP contribution in [-0.4, -0.2) is 52.5 Å². The van der Waals surface area contributed by atoms with Crippen LogP contribution in [0.25, 0.3) is 0 Å². The molecule has 2 heterocycles. The van der Waals surface area contributed by atoms with Gasteiger partial charge in [-0.2, -0.15) is 0 Å². The number of aromatic carboxylic acids is 1. The molecule has 176 valence electrons. The van der Waals surface area contributed by atoms with Crippen molar-refractivity contribution in [1.29, 1.82) is 0 Å². The summed E-state index contributed by atoms with van der Waals surface area (Å²) in [6.07, 6.45) is 3.02. The van der Waals surface area contributed by atoms with Crippen molar-refractivity contribution in [1.82, 2.24) is 9.80 Å². The predicted molar refractivity (Wildman–Crippen MR) is 125 cm³/mol. The topological polar surface area (TPSA) is 60.9 Å². The Kier molecular flexibility index (Phi) is 6.84. The number of rotatable bonds is 7. The van der Waals surface area contributed by atoms with Crippen molar-refractivity contribution < 1.29 is 19.1 Å². The van der Waals surface area contributed by atoms with E-state index in [9.17, 15) is 19.1 Å². The molecule has 5 nitrogen and oxygen atoms in total. The Hall–Kier alpha value is -2.73. The number of piperidine rings is 1. The third-order valence-electron chi connectivity index (χ3n) is 7.16. The van der Waals surface area contributed by atoms with Crippen LogP contribution in [0.3, 0.4) is 0 Å². The Labute approximate surface area is 195 Å². The number of amides is 1. The minimum atomic E-state index is -0.908. The van der Waals surface area contributed by atoms with Gasteiger partial charge in [-0.1, -0.05) is 44.2 Å². The van der Waals surface area contributed by atoms with Gasteiger partial charge in [-0.15, -0.1) is 0 Å². The first-order valence-corrected chi connectivity index (χ1v) is 11.9. The smallest absolute Gasteiger partial charge is 0.336 e. The standard InChI is InChI=1S/C27H33FN2O3/c1-19(2)17-30-23(15-20-6-5-8-22(28)14-20)16-27(26(30)33)10-12-29(13-11-27)18-21-7-3-4-9-24(21)25(31)32/h3-9,14,19,23H,10-13,15-18H2,1-2H3,(H,31,32)/t23-/m1/s1. The highest BCUT2D eigenvalue weighted by Crippen LogP contribution is 2.45. The zero-order valence-corrected chi connectivity index (χ0v) is 19.5. The summed E-state index contributed by atoms with van der Waals surface area (Å²) in [4.78, 5) is 29.5. The Morgan fingerprint density at radius 1 is 1.15 bits per heavy atom. The number of benzene rings is 2. The lowest BCUT2D eigenvalue weighted by molar-refractivity contribution is -0.139. The van der Waals surface area contributed by atoms with E-state index in [1.165, 1.54) is 6.07 Å². The van der Waals surface area contributed by atoms with Crippen molar-refractivity contribution in [2.75, 3.05) is 19.6 Å². The molecule has 0 radical (unpaired) electrons. The summed E-state index contributed by atoms with van der Waals surface area (Å²) in [5.74, 6) is -0.540. The van der Waals surface area contributed by atoms with Gasteiger partial charge in [0.2, 0.25) is 5.91 Å². The highest BCUT2D eigenvalue weighted by molar-refractivity contribution is 5.89. The van der Waals surface area contributed by atoms with Gasteiger partial charge in [0.05, 0.1) is 11.0 Å². The van der Waals surface area contributed by atoms with Crippen LogP contribution in [0.4, 0.5) is 4.39 Å². The largest absolute Gasteiger partial charge is 0.478 e. The van der Waals surface area contributed by atoms with Crippen LogP contribution in [0.2, 0.25) is 0 Å². The number of carbonyl (C=O) groups is 2. The van der Waals surface area contributed by atoms with E-state index < -0.39 is 5.97 Å². The molecule has 0 unspecified atom stereocenters. The van der Waals surface area contributed by atoms with E-state index in [1.54, 1.807) is 24.3 Å². The molecule has 0 aliphatic carbocycles. The summed E-state index contributed by atoms with van der Waals surface area (Å²) < 4.78 is 13.8. The Morgan fingerprint density at radius 3 is 2.55 bits per heavy atom. The predicted octanol–water partition coefficient (Wildman–Crippen LogP) is 4.61. The van der Waals surface area contributed by atoms with Crippen molar-refractivity contribution in [2.24, 2.45) is 11.3 Å². The van der Waals surface area contributed by atoms with Gasteiger partial charge in [-0.3, -0.25) is 9.69 Å². The van der Waals surface area contributed by atoms with E-state index in [-0.39, 0.29) is 23.2 Å². The maximum absolute atomic E-state index is 13.8. The van der Waals surface area contributed by atoms with Gasteiger partial charge < -0.3 is 10.0 Å². The number of hydrogen-bond donors (Lipinski definition) is 1. The maximum atomic E-state index is 13.8. The van der Waals surface area contributed by atoms with Crippen molar-refractivity contribution in [3.8, 4) is 0 Å². The molecule has 1 amide bonds. The van der Waals surface area contributed by atoms with Crippen molar-refractivity contribution in [2.45, 2.75) is 52.1 Å². The maximum Gasteiger partial charge on any atom is 0.336 e. The highest BCUT2D eigenvalue weighted by Gasteiger charge is 2.52. The monoisotopic (exact) mass is 452 g/mol. The fourth-order valence-corrected chi connectivity index (χ4v) is 5.53. The van der Waals surface area contributed by atoms with Crippen LogP contribution in [0.1, 0.15) is 54.6 Å². The van der Waals surface area contributed by atoms with E-state index in [0.717, 1.165) is 50.0 Å². The van der Waals surface area contributed by atoms with E-state index in [0.29, 0.717) is 24.4 Å². The van der Waals surface area contributed by atoms with Gasteiger partial charge in [-0.05, 0) is 74.0 Å². The van der Waals surface area contributed by atoms with Gasteiger partial charge in [-0.25, -0.2) is 9.18 Å². The number of carboxylic acid groups (broad SMARTS) is 1. The summed E-state index contributed by atoms with van der Waals surface area (Å²) in [6.45, 7) is 7.08. The van der Waals surface area contributed by atoms with Crippen LogP contribution in [0.5, 0.6) is 0 Å². The zero-order valence-electron chi connectivity index (χ0n) is 19.5. The molecule has 2 aromatic carbocycles. The first-order chi connectivity index (χ1) is 15.8. The first kappa shape index (κ1) is 23.4. The quantitative estimate of drug-likeness (QED) is 0.667. The lowest BCUT2D eigenvalue weighted by Crippen LogP contribution is -2.45. The van der Waals surface area contributed by atoms with E-state index in [1.807, 2.05) is 23.1 Å². The summed E-state index contributed by atoms with van der Waals surface area (Å²) in [5.41, 5.74) is 1.72. The van der Waals surface area contributed by atoms with E-state index in [4.69, 9.17) is 0 Å². The molecular formula is C27H33FN2O3. The third-order valence-corrected chi connectivity index (χ3v) is 7.16. The number of carboxylic acids is 1. The molecule has 2 aliphatic heterocycles. The number of hydrogen-bond acceptors (Lipinski definition) is 3. The molecule has 2 saturated heterocycles. The second-order valence-corrected chi connectivity index (χ2v) is 10.1. The van der Waals surface area contributed by atoms with Gasteiger partial charge in [0.25, 0.3) is 0 Å². The van der Waals surface area contributed by atoms with Crippen LogP contribution in [-0.2, 0) is 17.8 Å². The Bertz CT molecular complexity index is 1010. The van der Waals surface area contributed by atoms with Crippen molar-refractivity contribution in [3.05, 3.63) is 71.0 Å². The second-order valence-electron chi connectivity index (χ2n) is 10.1. The molecule has 6 heteroatoms. The molecule has 1 spiro atoms. The summed E-state index contributed by atoms with van der Waals surface area (Å²) in [5, 5.41) is 9.47. The fraction of sp³-hybridized carbons (Fsp3) is 0.481. The van der Waals surface area contributed by atoms with Crippen LogP contribution in [0, 0.1) is 17.2 Å². The highest BCUT2D eigenvalue weighted by atomic mass is 19.1. The number of nitrogens with zero attached hydrogens (tertiary/aromatic N) is 2. The van der Waals surface area contributed by atoms with Gasteiger partial charge in [0.15, 0.2) is 0 Å². The third kappa shape index (κ3) is 5.11. The van der Waals surface area contributed by atoms with Crippen LogP contribution < -0.4 is 0 Å². The average Bonchev–Trinajstić information content (AvgIpc) is 3.01. The molecule has 0 bridgehead atoms. The van der Waals surface area contributed by atoms with Crippen molar-refractivity contribution in [3.63, 3.8) is 0 Å². The Balaban J connectivity index is 1.47. The molecule has 2 aromatic rings. The summed E-state index contributed by atoms with van der Waals surface area (Å²) in [7, 11) is 0. The van der Waals surface area contributed by atoms with Gasteiger partial charge in [0, 0.05) is 19.1 Å². The summed E-state index contributed by atoms with van der Waals surface area (Å²) in [6, 6.07) is 13.9. The molecule has 1 atom stereocenters. The lowest BCUT2D eigenvalue weighted by atomic mass is 9.75. The minimum Gasteiger partial charge on any atom is -0.478 e. The molecule has 0 aromatic heterocycles. The van der Waals surface area contributed by atoms with Crippen LogP contribution >= 0.6 is 0 Å².